The van der Waals surface area contributed by atoms with Gasteiger partial charge in [0.2, 0.25) is 21.8 Å². The van der Waals surface area contributed by atoms with E-state index in [4.69, 9.17) is 0 Å². The predicted octanol–water partition coefficient (Wildman–Crippen LogP) is 0.632. The largest absolute Gasteiger partial charge is 0.331 e. The minimum atomic E-state index is -3.67. The highest BCUT2D eigenvalue weighted by Crippen LogP contribution is 2.14. The van der Waals surface area contributed by atoms with Gasteiger partial charge in [0, 0.05) is 20.0 Å². The van der Waals surface area contributed by atoms with Crippen LogP contribution in [0.25, 0.3) is 11.0 Å². The number of hydrogen-bond donors (Lipinski definition) is 3. The molecule has 3 aromatic rings. The average Bonchev–Trinajstić information content (AvgIpc) is 3.02. The highest BCUT2D eigenvalue weighted by atomic mass is 32.2. The molecule has 0 aliphatic carbocycles. The summed E-state index contributed by atoms with van der Waals surface area (Å²) in [6.45, 7) is -0.0936. The number of para-hydroxylation sites is 2. The number of rotatable bonds is 7. The van der Waals surface area contributed by atoms with Crippen molar-refractivity contribution in [1.29, 1.82) is 0 Å². The summed E-state index contributed by atoms with van der Waals surface area (Å²) in [4.78, 5) is 28.4. The smallest absolute Gasteiger partial charge is 0.245 e. The van der Waals surface area contributed by atoms with Crippen LogP contribution >= 0.6 is 0 Å². The van der Waals surface area contributed by atoms with E-state index in [1.54, 1.807) is 18.2 Å². The first-order chi connectivity index (χ1) is 13.9. The monoisotopic (exact) mass is 415 g/mol. The predicted molar refractivity (Wildman–Crippen MR) is 107 cm³/mol. The molecule has 1 aromatic heterocycles. The van der Waals surface area contributed by atoms with Gasteiger partial charge >= 0.3 is 0 Å². The first kappa shape index (κ1) is 20.5. The Labute approximate surface area is 168 Å². The van der Waals surface area contributed by atoms with Gasteiger partial charge < -0.3 is 4.57 Å². The molecule has 0 bridgehead atoms. The maximum absolute atomic E-state index is 12.1. The number of aryl methyl sites for hydroxylation is 1. The van der Waals surface area contributed by atoms with E-state index in [2.05, 4.69) is 20.6 Å². The number of sulfonamides is 1. The lowest BCUT2D eigenvalue weighted by Crippen LogP contribution is -2.43. The van der Waals surface area contributed by atoms with E-state index < -0.39 is 21.8 Å². The average molecular weight is 415 g/mol. The van der Waals surface area contributed by atoms with E-state index in [0.717, 1.165) is 11.0 Å². The summed E-state index contributed by atoms with van der Waals surface area (Å²) in [7, 11) is -1.86. The maximum atomic E-state index is 12.1. The number of hydrogen-bond acceptors (Lipinski definition) is 5. The Balaban J connectivity index is 1.44. The molecule has 0 aliphatic rings. The lowest BCUT2D eigenvalue weighted by Gasteiger charge is -2.09. The Hall–Kier alpha value is -3.24. The number of aromatic nitrogens is 2. The number of benzene rings is 2. The van der Waals surface area contributed by atoms with Crippen LogP contribution in [0.4, 0.5) is 0 Å². The first-order valence-electron chi connectivity index (χ1n) is 8.89. The van der Waals surface area contributed by atoms with Crippen molar-refractivity contribution in [1.82, 2.24) is 25.1 Å². The molecule has 29 heavy (non-hydrogen) atoms. The molecule has 0 saturated heterocycles. The van der Waals surface area contributed by atoms with Crippen LogP contribution in [-0.4, -0.2) is 36.3 Å². The molecular formula is C19H21N5O4S. The van der Waals surface area contributed by atoms with Crippen molar-refractivity contribution in [3.05, 3.63) is 60.4 Å². The number of hydrazine groups is 1. The number of imidazole rings is 1. The fourth-order valence-corrected chi connectivity index (χ4v) is 3.78. The summed E-state index contributed by atoms with van der Waals surface area (Å²) in [6.07, 6.45) is -0.134. The molecule has 3 rings (SSSR count). The van der Waals surface area contributed by atoms with Crippen LogP contribution in [0.3, 0.4) is 0 Å². The molecule has 1 heterocycles. The van der Waals surface area contributed by atoms with Gasteiger partial charge in [-0.05, 0) is 24.3 Å². The number of nitrogens with zero attached hydrogens (tertiary/aromatic N) is 2. The number of fused-ring (bicyclic) bond motifs is 1. The molecule has 2 aromatic carbocycles. The standard InChI is InChI=1S/C19H21N5O4S/c1-24-16-10-6-5-9-15(16)21-17(24)13-19(26)23-22-18(25)11-12-20-29(27,28)14-7-3-2-4-8-14/h2-10,20H,11-13H2,1H3,(H,22,25)(H,23,26). The fourth-order valence-electron chi connectivity index (χ4n) is 2.73. The maximum Gasteiger partial charge on any atom is 0.245 e. The van der Waals surface area contributed by atoms with E-state index in [1.807, 2.05) is 35.9 Å². The van der Waals surface area contributed by atoms with E-state index >= 15 is 0 Å². The molecular weight excluding hydrogens is 394 g/mol. The normalized spacial score (nSPS) is 11.3. The highest BCUT2D eigenvalue weighted by Gasteiger charge is 2.15. The molecule has 3 N–H and O–H groups in total. The van der Waals surface area contributed by atoms with Gasteiger partial charge in [0.15, 0.2) is 0 Å². The molecule has 152 valence electrons. The molecule has 0 saturated carbocycles. The van der Waals surface area contributed by atoms with Crippen LogP contribution in [0.5, 0.6) is 0 Å². The van der Waals surface area contributed by atoms with Crippen LogP contribution in [0.1, 0.15) is 12.2 Å². The zero-order valence-corrected chi connectivity index (χ0v) is 16.6. The Kier molecular flexibility index (Phi) is 6.25. The van der Waals surface area contributed by atoms with Crippen molar-refractivity contribution in [2.45, 2.75) is 17.7 Å². The van der Waals surface area contributed by atoms with Crippen molar-refractivity contribution in [3.63, 3.8) is 0 Å². The highest BCUT2D eigenvalue weighted by molar-refractivity contribution is 7.89. The molecule has 0 aliphatic heterocycles. The molecule has 0 atom stereocenters. The quantitative estimate of drug-likeness (QED) is 0.489. The zero-order valence-electron chi connectivity index (χ0n) is 15.8. The topological polar surface area (TPSA) is 122 Å². The van der Waals surface area contributed by atoms with Gasteiger partial charge in [-0.2, -0.15) is 0 Å². The van der Waals surface area contributed by atoms with Gasteiger partial charge in [0.1, 0.15) is 5.82 Å². The number of carbonyl (C=O) groups excluding carboxylic acids is 2. The first-order valence-corrected chi connectivity index (χ1v) is 10.4. The van der Waals surface area contributed by atoms with Crippen LogP contribution in [0.15, 0.2) is 59.5 Å². The summed E-state index contributed by atoms with van der Waals surface area (Å²) >= 11 is 0. The van der Waals surface area contributed by atoms with E-state index in [-0.39, 0.29) is 24.3 Å². The van der Waals surface area contributed by atoms with E-state index in [1.165, 1.54) is 12.1 Å². The second kappa shape index (κ2) is 8.84. The van der Waals surface area contributed by atoms with Crippen LogP contribution in [-0.2, 0) is 33.1 Å². The third-order valence-electron chi connectivity index (χ3n) is 4.24. The third kappa shape index (κ3) is 5.18. The second-order valence-corrected chi connectivity index (χ2v) is 8.08. The fraction of sp³-hybridized carbons (Fsp3) is 0.211. The Morgan fingerprint density at radius 2 is 1.62 bits per heavy atom. The Morgan fingerprint density at radius 1 is 0.966 bits per heavy atom. The summed E-state index contributed by atoms with van der Waals surface area (Å²) in [5, 5.41) is 0. The molecule has 0 spiro atoms. The molecule has 10 heteroatoms. The van der Waals surface area contributed by atoms with Crippen molar-refractivity contribution >= 4 is 32.9 Å². The van der Waals surface area contributed by atoms with Gasteiger partial charge in [0.25, 0.3) is 0 Å². The summed E-state index contributed by atoms with van der Waals surface area (Å²) in [6, 6.07) is 15.4. The number of nitrogens with one attached hydrogen (secondary N) is 3. The molecule has 9 nitrogen and oxygen atoms in total. The summed E-state index contributed by atoms with van der Waals surface area (Å²) in [5.74, 6) is -0.380. The van der Waals surface area contributed by atoms with E-state index in [9.17, 15) is 18.0 Å². The van der Waals surface area contributed by atoms with Crippen molar-refractivity contribution in [2.24, 2.45) is 7.05 Å². The van der Waals surface area contributed by atoms with Crippen LogP contribution in [0.2, 0.25) is 0 Å². The molecule has 2 amide bonds. The van der Waals surface area contributed by atoms with Crippen LogP contribution < -0.4 is 15.6 Å². The van der Waals surface area contributed by atoms with Gasteiger partial charge in [-0.3, -0.25) is 20.4 Å². The van der Waals surface area contributed by atoms with Gasteiger partial charge in [0.05, 0.1) is 22.3 Å². The van der Waals surface area contributed by atoms with Crippen molar-refractivity contribution < 1.29 is 18.0 Å². The number of carbonyl (C=O) groups is 2. The molecule has 0 fully saturated rings. The second-order valence-electron chi connectivity index (χ2n) is 6.31. The minimum absolute atomic E-state index is 0.00784. The van der Waals surface area contributed by atoms with Gasteiger partial charge in [-0.15, -0.1) is 0 Å². The summed E-state index contributed by atoms with van der Waals surface area (Å²) < 4.78 is 28.3. The van der Waals surface area contributed by atoms with Crippen molar-refractivity contribution in [3.8, 4) is 0 Å². The molecule has 0 radical (unpaired) electrons. The number of amides is 2. The lowest BCUT2D eigenvalue weighted by atomic mass is 10.3. The zero-order chi connectivity index (χ0) is 20.9. The Bertz CT molecular complexity index is 1130. The summed E-state index contributed by atoms with van der Waals surface area (Å²) in [5.41, 5.74) is 6.28. The Morgan fingerprint density at radius 3 is 2.34 bits per heavy atom. The minimum Gasteiger partial charge on any atom is -0.331 e. The van der Waals surface area contributed by atoms with Gasteiger partial charge in [-0.1, -0.05) is 30.3 Å². The van der Waals surface area contributed by atoms with Crippen LogP contribution in [0, 0.1) is 0 Å². The SMILES string of the molecule is Cn1c(CC(=O)NNC(=O)CCNS(=O)(=O)c2ccccc2)nc2ccccc21. The van der Waals surface area contributed by atoms with Gasteiger partial charge in [-0.25, -0.2) is 18.1 Å². The third-order valence-corrected chi connectivity index (χ3v) is 5.71. The lowest BCUT2D eigenvalue weighted by molar-refractivity contribution is -0.128. The molecule has 0 unspecified atom stereocenters. The van der Waals surface area contributed by atoms with Crippen molar-refractivity contribution in [2.75, 3.05) is 6.54 Å². The van der Waals surface area contributed by atoms with E-state index in [0.29, 0.717) is 5.82 Å².